The van der Waals surface area contributed by atoms with E-state index in [2.05, 4.69) is 27.0 Å². The van der Waals surface area contributed by atoms with Gasteiger partial charge in [0.05, 0.1) is 12.8 Å². The average Bonchev–Trinajstić information content (AvgIpc) is 2.63. The summed E-state index contributed by atoms with van der Waals surface area (Å²) in [4.78, 5) is 4.39. The minimum Gasteiger partial charge on any atom is -0.497 e. The molecule has 6 heteroatoms. The largest absolute Gasteiger partial charge is 0.497 e. The van der Waals surface area contributed by atoms with E-state index >= 15 is 0 Å². The van der Waals surface area contributed by atoms with Crippen LogP contribution in [0.2, 0.25) is 0 Å². The van der Waals surface area contributed by atoms with Crippen molar-refractivity contribution in [3.05, 3.63) is 63.9 Å². The van der Waals surface area contributed by atoms with Crippen LogP contribution in [0.3, 0.4) is 0 Å². The van der Waals surface area contributed by atoms with Crippen molar-refractivity contribution in [2.45, 2.75) is 6.92 Å². The lowest BCUT2D eigenvalue weighted by Crippen LogP contribution is -2.04. The zero-order chi connectivity index (χ0) is 18.8. The standard InChI is InChI=1S/C20H15BrFN3O/c1-11-18(15-8-5-13(21)9-17(15)22)16(10-23)20(24)25-19(11)12-3-6-14(26-2)7-4-12/h3-9H,1-2H3,(H2,24,25). The number of rotatable bonds is 3. The number of hydrogen-bond donors (Lipinski definition) is 1. The number of halogens is 2. The lowest BCUT2D eigenvalue weighted by molar-refractivity contribution is 0.415. The predicted octanol–water partition coefficient (Wildman–Crippen LogP) is 5.09. The molecule has 0 fully saturated rings. The number of ether oxygens (including phenoxy) is 1. The maximum absolute atomic E-state index is 14.6. The first-order valence-corrected chi connectivity index (χ1v) is 8.55. The van der Waals surface area contributed by atoms with Gasteiger partial charge in [-0.1, -0.05) is 22.0 Å². The Morgan fingerprint density at radius 2 is 1.88 bits per heavy atom. The molecule has 0 aliphatic carbocycles. The maximum atomic E-state index is 14.6. The highest BCUT2D eigenvalue weighted by Crippen LogP contribution is 2.37. The van der Waals surface area contributed by atoms with Crippen LogP contribution in [0.15, 0.2) is 46.9 Å². The highest BCUT2D eigenvalue weighted by Gasteiger charge is 2.20. The topological polar surface area (TPSA) is 71.9 Å². The highest BCUT2D eigenvalue weighted by atomic mass is 79.9. The van der Waals surface area contributed by atoms with Crippen LogP contribution in [0.5, 0.6) is 5.75 Å². The molecule has 0 amide bonds. The van der Waals surface area contributed by atoms with Gasteiger partial charge in [0.1, 0.15) is 29.0 Å². The summed E-state index contributed by atoms with van der Waals surface area (Å²) < 4.78 is 20.4. The van der Waals surface area contributed by atoms with E-state index in [0.717, 1.165) is 5.56 Å². The van der Waals surface area contributed by atoms with Crippen molar-refractivity contribution in [3.63, 3.8) is 0 Å². The minimum absolute atomic E-state index is 0.0706. The molecule has 0 saturated carbocycles. The summed E-state index contributed by atoms with van der Waals surface area (Å²) in [5.41, 5.74) is 9.04. The number of nitriles is 1. The molecular formula is C20H15BrFN3O. The van der Waals surface area contributed by atoms with Gasteiger partial charge in [0.2, 0.25) is 0 Å². The first-order chi connectivity index (χ1) is 12.5. The van der Waals surface area contributed by atoms with E-state index in [1.54, 1.807) is 19.2 Å². The molecule has 3 aromatic rings. The summed E-state index contributed by atoms with van der Waals surface area (Å²) in [6, 6.07) is 14.1. The molecular weight excluding hydrogens is 397 g/mol. The smallest absolute Gasteiger partial charge is 0.142 e. The van der Waals surface area contributed by atoms with E-state index in [1.165, 1.54) is 6.07 Å². The van der Waals surface area contributed by atoms with Crippen molar-refractivity contribution >= 4 is 21.7 Å². The van der Waals surface area contributed by atoms with Crippen LogP contribution in [-0.2, 0) is 0 Å². The lowest BCUT2D eigenvalue weighted by atomic mass is 9.92. The quantitative estimate of drug-likeness (QED) is 0.651. The first-order valence-electron chi connectivity index (χ1n) is 7.76. The predicted molar refractivity (Wildman–Crippen MR) is 103 cm³/mol. The van der Waals surface area contributed by atoms with Gasteiger partial charge in [-0.05, 0) is 48.9 Å². The van der Waals surface area contributed by atoms with Crippen molar-refractivity contribution in [3.8, 4) is 34.2 Å². The highest BCUT2D eigenvalue weighted by molar-refractivity contribution is 9.10. The van der Waals surface area contributed by atoms with E-state index in [1.807, 2.05) is 31.2 Å². The van der Waals surface area contributed by atoms with Crippen LogP contribution < -0.4 is 10.5 Å². The molecule has 3 rings (SSSR count). The van der Waals surface area contributed by atoms with Crippen LogP contribution in [0.1, 0.15) is 11.1 Å². The van der Waals surface area contributed by atoms with Crippen molar-refractivity contribution in [2.75, 3.05) is 12.8 Å². The molecule has 0 bridgehead atoms. The second-order valence-corrected chi connectivity index (χ2v) is 6.60. The first kappa shape index (κ1) is 17.9. The fourth-order valence-electron chi connectivity index (χ4n) is 2.87. The average molecular weight is 412 g/mol. The number of nitrogens with zero attached hydrogens (tertiary/aromatic N) is 2. The number of nitrogens with two attached hydrogens (primary N) is 1. The van der Waals surface area contributed by atoms with Gasteiger partial charge in [0.15, 0.2) is 0 Å². The third-order valence-electron chi connectivity index (χ3n) is 4.14. The van der Waals surface area contributed by atoms with E-state index in [4.69, 9.17) is 10.5 Å². The molecule has 2 N–H and O–H groups in total. The van der Waals surface area contributed by atoms with Gasteiger partial charge < -0.3 is 10.5 Å². The van der Waals surface area contributed by atoms with Crippen molar-refractivity contribution in [1.82, 2.24) is 4.98 Å². The Kier molecular flexibility index (Phi) is 4.92. The van der Waals surface area contributed by atoms with Gasteiger partial charge in [0, 0.05) is 21.2 Å². The molecule has 26 heavy (non-hydrogen) atoms. The van der Waals surface area contributed by atoms with Crippen LogP contribution in [-0.4, -0.2) is 12.1 Å². The molecule has 1 heterocycles. The lowest BCUT2D eigenvalue weighted by Gasteiger charge is -2.16. The number of methoxy groups -OCH3 is 1. The third kappa shape index (κ3) is 3.14. The second kappa shape index (κ2) is 7.14. The molecule has 0 radical (unpaired) electrons. The number of hydrogen-bond acceptors (Lipinski definition) is 4. The monoisotopic (exact) mass is 411 g/mol. The summed E-state index contributed by atoms with van der Waals surface area (Å²) >= 11 is 3.25. The van der Waals surface area contributed by atoms with Gasteiger partial charge in [-0.15, -0.1) is 0 Å². The van der Waals surface area contributed by atoms with Crippen LogP contribution >= 0.6 is 15.9 Å². The summed E-state index contributed by atoms with van der Waals surface area (Å²) in [6.45, 7) is 1.81. The van der Waals surface area contributed by atoms with E-state index < -0.39 is 5.82 Å². The van der Waals surface area contributed by atoms with Gasteiger partial charge in [-0.3, -0.25) is 0 Å². The Morgan fingerprint density at radius 3 is 2.46 bits per heavy atom. The summed E-state index contributed by atoms with van der Waals surface area (Å²) in [6.07, 6.45) is 0. The van der Waals surface area contributed by atoms with Gasteiger partial charge in [0.25, 0.3) is 0 Å². The maximum Gasteiger partial charge on any atom is 0.142 e. The molecule has 4 nitrogen and oxygen atoms in total. The molecule has 0 spiro atoms. The van der Waals surface area contributed by atoms with E-state index in [-0.39, 0.29) is 11.4 Å². The molecule has 0 saturated heterocycles. The van der Waals surface area contributed by atoms with Crippen molar-refractivity contribution in [1.29, 1.82) is 5.26 Å². The minimum atomic E-state index is -0.440. The fourth-order valence-corrected chi connectivity index (χ4v) is 3.20. The number of benzene rings is 2. The molecule has 0 unspecified atom stereocenters. The van der Waals surface area contributed by atoms with Crippen LogP contribution in [0.4, 0.5) is 10.2 Å². The van der Waals surface area contributed by atoms with E-state index in [0.29, 0.717) is 32.6 Å². The molecule has 1 aromatic heterocycles. The number of pyridine rings is 1. The molecule has 130 valence electrons. The second-order valence-electron chi connectivity index (χ2n) is 5.69. The number of anilines is 1. The Hall–Kier alpha value is -2.91. The zero-order valence-corrected chi connectivity index (χ0v) is 15.8. The number of aromatic nitrogens is 1. The Balaban J connectivity index is 2.29. The number of nitrogen functional groups attached to an aromatic ring is 1. The SMILES string of the molecule is COc1ccc(-c2nc(N)c(C#N)c(-c3ccc(Br)cc3F)c2C)cc1. The summed E-state index contributed by atoms with van der Waals surface area (Å²) in [5, 5.41) is 9.54. The molecule has 0 aliphatic heterocycles. The normalized spacial score (nSPS) is 10.4. The van der Waals surface area contributed by atoms with E-state index in [9.17, 15) is 9.65 Å². The van der Waals surface area contributed by atoms with Crippen molar-refractivity contribution in [2.24, 2.45) is 0 Å². The molecule has 0 aliphatic rings. The Labute approximate surface area is 159 Å². The van der Waals surface area contributed by atoms with Gasteiger partial charge >= 0.3 is 0 Å². The van der Waals surface area contributed by atoms with Crippen LogP contribution in [0.25, 0.3) is 22.4 Å². The Bertz CT molecular complexity index is 1030. The zero-order valence-electron chi connectivity index (χ0n) is 14.2. The summed E-state index contributed by atoms with van der Waals surface area (Å²) in [5.74, 6) is 0.346. The fraction of sp³-hybridized carbons (Fsp3) is 0.100. The molecule has 2 aromatic carbocycles. The summed E-state index contributed by atoms with van der Waals surface area (Å²) in [7, 11) is 1.59. The van der Waals surface area contributed by atoms with Gasteiger partial charge in [-0.25, -0.2) is 9.37 Å². The Morgan fingerprint density at radius 1 is 1.19 bits per heavy atom. The van der Waals surface area contributed by atoms with Crippen LogP contribution in [0, 0.1) is 24.1 Å². The molecule has 0 atom stereocenters. The van der Waals surface area contributed by atoms with Gasteiger partial charge in [-0.2, -0.15) is 5.26 Å². The van der Waals surface area contributed by atoms with Crippen molar-refractivity contribution < 1.29 is 9.13 Å². The third-order valence-corrected chi connectivity index (χ3v) is 4.64.